The number of furan rings is 1. The highest BCUT2D eigenvalue weighted by Crippen LogP contribution is 2.26. The number of aromatic carboxylic acids is 1. The molecule has 0 saturated carbocycles. The van der Waals surface area contributed by atoms with E-state index in [0.29, 0.717) is 12.3 Å². The molecule has 19 heavy (non-hydrogen) atoms. The van der Waals surface area contributed by atoms with Gasteiger partial charge in [-0.15, -0.1) is 11.3 Å². The molecule has 0 spiro atoms. The fraction of sp³-hybridized carbons (Fsp3) is 0.357. The normalized spacial score (nSPS) is 12.6. The molecule has 4 nitrogen and oxygen atoms in total. The molecule has 0 bridgehead atoms. The number of thiophene rings is 1. The number of nitrogens with one attached hydrogen (secondary N) is 1. The maximum atomic E-state index is 10.7. The third-order valence-electron chi connectivity index (χ3n) is 3.03. The quantitative estimate of drug-likeness (QED) is 0.879. The fourth-order valence-corrected chi connectivity index (χ4v) is 3.05. The molecule has 2 rings (SSSR count). The van der Waals surface area contributed by atoms with Gasteiger partial charge in [-0.05, 0) is 38.5 Å². The van der Waals surface area contributed by atoms with Crippen LogP contribution in [0.2, 0.25) is 0 Å². The van der Waals surface area contributed by atoms with E-state index in [-0.39, 0.29) is 11.6 Å². The number of rotatable bonds is 5. The van der Waals surface area contributed by atoms with E-state index in [1.165, 1.54) is 21.6 Å². The van der Waals surface area contributed by atoms with Crippen LogP contribution in [0.1, 0.15) is 44.4 Å². The van der Waals surface area contributed by atoms with Gasteiger partial charge in [-0.2, -0.15) is 0 Å². The van der Waals surface area contributed by atoms with Crippen LogP contribution in [-0.4, -0.2) is 11.1 Å². The van der Waals surface area contributed by atoms with Crippen LogP contribution in [0.4, 0.5) is 0 Å². The second-order valence-electron chi connectivity index (χ2n) is 4.58. The van der Waals surface area contributed by atoms with Gasteiger partial charge in [-0.3, -0.25) is 0 Å². The average Bonchev–Trinajstić information content (AvgIpc) is 2.93. The maximum absolute atomic E-state index is 10.7. The van der Waals surface area contributed by atoms with Crippen molar-refractivity contribution in [3.63, 3.8) is 0 Å². The smallest absolute Gasteiger partial charge is 0.338 e. The molecule has 0 aromatic carbocycles. The van der Waals surface area contributed by atoms with Crippen molar-refractivity contribution in [3.8, 4) is 0 Å². The van der Waals surface area contributed by atoms with E-state index < -0.39 is 5.97 Å². The van der Waals surface area contributed by atoms with Gasteiger partial charge in [0.05, 0.1) is 12.1 Å². The first-order valence-electron chi connectivity index (χ1n) is 6.08. The molecule has 1 unspecified atom stereocenters. The molecule has 0 aliphatic carbocycles. The average molecular weight is 279 g/mol. The molecule has 1 atom stereocenters. The molecule has 2 heterocycles. The van der Waals surface area contributed by atoms with Gasteiger partial charge in [0.1, 0.15) is 12.0 Å². The van der Waals surface area contributed by atoms with E-state index in [4.69, 9.17) is 9.52 Å². The van der Waals surface area contributed by atoms with Gasteiger partial charge < -0.3 is 14.8 Å². The zero-order valence-corrected chi connectivity index (χ0v) is 12.0. The first-order valence-corrected chi connectivity index (χ1v) is 6.90. The fourth-order valence-electron chi connectivity index (χ4n) is 2.03. The molecule has 2 aromatic rings. The van der Waals surface area contributed by atoms with Crippen LogP contribution < -0.4 is 5.32 Å². The van der Waals surface area contributed by atoms with Crippen molar-refractivity contribution in [2.45, 2.75) is 33.4 Å². The molecular formula is C14H17NO3S. The van der Waals surface area contributed by atoms with Crippen LogP contribution in [0.15, 0.2) is 22.8 Å². The Bertz CT molecular complexity index is 585. The standard InChI is InChI=1S/C14H17NO3S/c1-8-4-13(10(3)19-8)9(2)15-6-12-5-11(7-18-12)14(16)17/h4-5,7,9,15H,6H2,1-3H3,(H,16,17). The minimum atomic E-state index is -0.965. The highest BCUT2D eigenvalue weighted by atomic mass is 32.1. The molecule has 0 saturated heterocycles. The second kappa shape index (κ2) is 5.59. The summed E-state index contributed by atoms with van der Waals surface area (Å²) in [5, 5.41) is 12.2. The van der Waals surface area contributed by atoms with Crippen LogP contribution in [0, 0.1) is 13.8 Å². The SMILES string of the molecule is Cc1cc(C(C)NCc2cc(C(=O)O)co2)c(C)s1. The van der Waals surface area contributed by atoms with E-state index in [0.717, 1.165) is 0 Å². The van der Waals surface area contributed by atoms with Gasteiger partial charge in [-0.25, -0.2) is 4.79 Å². The summed E-state index contributed by atoms with van der Waals surface area (Å²) in [6.45, 7) is 6.82. The first kappa shape index (κ1) is 13.8. The Labute approximate surface area is 116 Å². The van der Waals surface area contributed by atoms with Gasteiger partial charge >= 0.3 is 5.97 Å². The van der Waals surface area contributed by atoms with Crippen LogP contribution in [0.3, 0.4) is 0 Å². The molecule has 0 aliphatic heterocycles. The minimum absolute atomic E-state index is 0.187. The number of aryl methyl sites for hydroxylation is 2. The molecule has 0 amide bonds. The Balaban J connectivity index is 1.98. The highest BCUT2D eigenvalue weighted by Gasteiger charge is 2.12. The minimum Gasteiger partial charge on any atom is -0.478 e. The van der Waals surface area contributed by atoms with Gasteiger partial charge in [0.25, 0.3) is 0 Å². The van der Waals surface area contributed by atoms with Crippen molar-refractivity contribution >= 4 is 17.3 Å². The summed E-state index contributed by atoms with van der Waals surface area (Å²) >= 11 is 1.79. The lowest BCUT2D eigenvalue weighted by Gasteiger charge is -2.12. The van der Waals surface area contributed by atoms with Crippen molar-refractivity contribution < 1.29 is 14.3 Å². The van der Waals surface area contributed by atoms with Crippen LogP contribution in [0.5, 0.6) is 0 Å². The third kappa shape index (κ3) is 3.24. The summed E-state index contributed by atoms with van der Waals surface area (Å²) in [6, 6.07) is 3.94. The molecule has 0 fully saturated rings. The molecular weight excluding hydrogens is 262 g/mol. The molecule has 2 aromatic heterocycles. The van der Waals surface area contributed by atoms with Crippen molar-refractivity contribution in [1.29, 1.82) is 0 Å². The zero-order valence-electron chi connectivity index (χ0n) is 11.2. The van der Waals surface area contributed by atoms with Crippen molar-refractivity contribution in [2.75, 3.05) is 0 Å². The molecule has 0 aliphatic rings. The predicted octanol–water partition coefficient (Wildman–Crippen LogP) is 3.51. The Morgan fingerprint density at radius 3 is 2.74 bits per heavy atom. The van der Waals surface area contributed by atoms with Crippen molar-refractivity contribution in [1.82, 2.24) is 5.32 Å². The molecule has 102 valence electrons. The lowest BCUT2D eigenvalue weighted by atomic mass is 10.1. The third-order valence-corrected chi connectivity index (χ3v) is 4.01. The maximum Gasteiger partial charge on any atom is 0.338 e. The van der Waals surface area contributed by atoms with E-state index >= 15 is 0 Å². The Kier molecular flexibility index (Phi) is 4.07. The molecule has 2 N–H and O–H groups in total. The van der Waals surface area contributed by atoms with Gasteiger partial charge in [0.2, 0.25) is 0 Å². The first-order chi connectivity index (χ1) is 8.97. The summed E-state index contributed by atoms with van der Waals surface area (Å²) in [5.74, 6) is -0.332. The monoisotopic (exact) mass is 279 g/mol. The van der Waals surface area contributed by atoms with E-state index in [1.54, 1.807) is 17.4 Å². The van der Waals surface area contributed by atoms with Crippen molar-refractivity contribution in [3.05, 3.63) is 45.0 Å². The number of hydrogen-bond acceptors (Lipinski definition) is 4. The number of carbonyl (C=O) groups is 1. The van der Waals surface area contributed by atoms with E-state index in [2.05, 4.69) is 32.2 Å². The van der Waals surface area contributed by atoms with Crippen LogP contribution in [0.25, 0.3) is 0 Å². The predicted molar refractivity (Wildman–Crippen MR) is 74.7 cm³/mol. The van der Waals surface area contributed by atoms with E-state index in [1.807, 2.05) is 0 Å². The zero-order chi connectivity index (χ0) is 14.0. The van der Waals surface area contributed by atoms with Gasteiger partial charge in [0, 0.05) is 15.8 Å². The van der Waals surface area contributed by atoms with Crippen LogP contribution in [-0.2, 0) is 6.54 Å². The summed E-state index contributed by atoms with van der Waals surface area (Å²) in [5.41, 5.74) is 1.47. The van der Waals surface area contributed by atoms with Crippen molar-refractivity contribution in [2.24, 2.45) is 0 Å². The lowest BCUT2D eigenvalue weighted by Crippen LogP contribution is -2.17. The van der Waals surface area contributed by atoms with Crippen LogP contribution >= 0.6 is 11.3 Å². The largest absolute Gasteiger partial charge is 0.478 e. The molecule has 5 heteroatoms. The summed E-state index contributed by atoms with van der Waals surface area (Å²) in [6.07, 6.45) is 1.27. The summed E-state index contributed by atoms with van der Waals surface area (Å²) < 4.78 is 5.21. The Morgan fingerprint density at radius 1 is 1.47 bits per heavy atom. The number of hydrogen-bond donors (Lipinski definition) is 2. The highest BCUT2D eigenvalue weighted by molar-refractivity contribution is 7.12. The van der Waals surface area contributed by atoms with Gasteiger partial charge in [0.15, 0.2) is 0 Å². The Hall–Kier alpha value is -1.59. The summed E-state index contributed by atoms with van der Waals surface area (Å²) in [7, 11) is 0. The van der Waals surface area contributed by atoms with Gasteiger partial charge in [-0.1, -0.05) is 0 Å². The summed E-state index contributed by atoms with van der Waals surface area (Å²) in [4.78, 5) is 13.3. The number of carboxylic acids is 1. The van der Waals surface area contributed by atoms with E-state index in [9.17, 15) is 4.79 Å². The topological polar surface area (TPSA) is 62.5 Å². The second-order valence-corrected chi connectivity index (χ2v) is 6.04. The Morgan fingerprint density at radius 2 is 2.21 bits per heavy atom. The lowest BCUT2D eigenvalue weighted by molar-refractivity contribution is 0.0696. The molecule has 0 radical (unpaired) electrons. The number of carboxylic acid groups (broad SMARTS) is 1.